The lowest BCUT2D eigenvalue weighted by molar-refractivity contribution is 0.0697. The first kappa shape index (κ1) is 19.0. The summed E-state index contributed by atoms with van der Waals surface area (Å²) in [4.78, 5) is 11.5. The van der Waals surface area contributed by atoms with Gasteiger partial charge in [0, 0.05) is 0 Å². The highest BCUT2D eigenvalue weighted by Crippen LogP contribution is 2.26. The van der Waals surface area contributed by atoms with Crippen molar-refractivity contribution in [2.45, 2.75) is 52.4 Å². The molecule has 1 N–H and O–H groups in total. The second-order valence-corrected chi connectivity index (χ2v) is 6.46. The summed E-state index contributed by atoms with van der Waals surface area (Å²) in [7, 11) is 0. The Morgan fingerprint density at radius 2 is 1.76 bits per heavy atom. The molecule has 132 valence electrons. The minimum atomic E-state index is -0.877. The van der Waals surface area contributed by atoms with E-state index in [2.05, 4.69) is 38.1 Å². The Morgan fingerprint density at radius 3 is 2.40 bits per heavy atom. The Kier molecular flexibility index (Phi) is 7.46. The third kappa shape index (κ3) is 5.60. The zero-order chi connectivity index (χ0) is 18.1. The number of unbranched alkanes of at least 4 members (excludes halogenated alkanes) is 3. The second kappa shape index (κ2) is 9.83. The number of carboxylic acids is 1. The van der Waals surface area contributed by atoms with E-state index in [4.69, 9.17) is 0 Å². The van der Waals surface area contributed by atoms with E-state index in [1.54, 1.807) is 6.07 Å². The van der Waals surface area contributed by atoms with Crippen LogP contribution in [-0.2, 0) is 6.42 Å². The monoisotopic (exact) mass is 336 g/mol. The van der Waals surface area contributed by atoms with Crippen molar-refractivity contribution in [3.63, 3.8) is 0 Å². The molecule has 0 aromatic heterocycles. The van der Waals surface area contributed by atoms with E-state index >= 15 is 0 Å². The van der Waals surface area contributed by atoms with Crippen molar-refractivity contribution >= 4 is 12.0 Å². The molecule has 0 spiro atoms. The van der Waals surface area contributed by atoms with Crippen LogP contribution in [0.15, 0.2) is 48.5 Å². The molecule has 2 aromatic rings. The number of rotatable bonds is 9. The van der Waals surface area contributed by atoms with Gasteiger partial charge in [-0.05, 0) is 47.6 Å². The van der Waals surface area contributed by atoms with Crippen LogP contribution in [0.1, 0.15) is 67.4 Å². The van der Waals surface area contributed by atoms with Gasteiger partial charge in [0.15, 0.2) is 0 Å². The molecule has 2 nitrogen and oxygen atoms in total. The minimum absolute atomic E-state index is 0.364. The molecule has 0 unspecified atom stereocenters. The summed E-state index contributed by atoms with van der Waals surface area (Å²) in [5.41, 5.74) is 4.46. The third-order valence-corrected chi connectivity index (χ3v) is 4.36. The van der Waals surface area contributed by atoms with Gasteiger partial charge in [0.2, 0.25) is 0 Å². The summed E-state index contributed by atoms with van der Waals surface area (Å²) in [6, 6.07) is 13.8. The van der Waals surface area contributed by atoms with Gasteiger partial charge in [-0.3, -0.25) is 0 Å². The zero-order valence-corrected chi connectivity index (χ0v) is 15.3. The van der Waals surface area contributed by atoms with Crippen LogP contribution in [0.2, 0.25) is 0 Å². The summed E-state index contributed by atoms with van der Waals surface area (Å²) >= 11 is 0. The van der Waals surface area contributed by atoms with E-state index in [0.29, 0.717) is 5.56 Å². The number of aromatic carboxylic acids is 1. The lowest BCUT2D eigenvalue weighted by Gasteiger charge is -2.09. The number of carboxylic acid groups (broad SMARTS) is 1. The van der Waals surface area contributed by atoms with E-state index < -0.39 is 5.97 Å². The fourth-order valence-corrected chi connectivity index (χ4v) is 2.97. The maximum atomic E-state index is 11.5. The molecule has 0 saturated carbocycles. The van der Waals surface area contributed by atoms with Gasteiger partial charge in [-0.1, -0.05) is 81.7 Å². The number of aryl methyl sites for hydroxylation is 1. The standard InChI is InChI=1S/C23H28O2/c1-3-5-6-7-8-10-18-11-14-20(15-12-18)22-17-19(9-4-2)13-16-21(22)23(24)25/h8,10-17H,3-7,9H2,1-2H3,(H,24,25)/b10-8+. The molecule has 2 rings (SSSR count). The van der Waals surface area contributed by atoms with E-state index in [9.17, 15) is 9.90 Å². The fourth-order valence-electron chi connectivity index (χ4n) is 2.97. The molecular formula is C23H28O2. The van der Waals surface area contributed by atoms with E-state index in [1.165, 1.54) is 24.8 Å². The molecule has 0 fully saturated rings. The summed E-state index contributed by atoms with van der Waals surface area (Å²) < 4.78 is 0. The molecule has 0 aliphatic rings. The highest BCUT2D eigenvalue weighted by Gasteiger charge is 2.12. The van der Waals surface area contributed by atoms with Gasteiger partial charge >= 0.3 is 5.97 Å². The van der Waals surface area contributed by atoms with E-state index in [-0.39, 0.29) is 0 Å². The van der Waals surface area contributed by atoms with Crippen molar-refractivity contribution in [3.05, 3.63) is 65.2 Å². The average molecular weight is 336 g/mol. The van der Waals surface area contributed by atoms with Crippen molar-refractivity contribution in [1.82, 2.24) is 0 Å². The Balaban J connectivity index is 2.20. The molecule has 25 heavy (non-hydrogen) atoms. The first-order valence-electron chi connectivity index (χ1n) is 9.29. The third-order valence-electron chi connectivity index (χ3n) is 4.36. The maximum Gasteiger partial charge on any atom is 0.336 e. The average Bonchev–Trinajstić information content (AvgIpc) is 2.62. The van der Waals surface area contributed by atoms with Crippen LogP contribution in [0.25, 0.3) is 17.2 Å². The lowest BCUT2D eigenvalue weighted by Crippen LogP contribution is -2.00. The topological polar surface area (TPSA) is 37.3 Å². The molecule has 0 bridgehead atoms. The van der Waals surface area contributed by atoms with Crippen LogP contribution >= 0.6 is 0 Å². The number of hydrogen-bond donors (Lipinski definition) is 1. The largest absolute Gasteiger partial charge is 0.478 e. The minimum Gasteiger partial charge on any atom is -0.478 e. The van der Waals surface area contributed by atoms with Gasteiger partial charge in [-0.2, -0.15) is 0 Å². The van der Waals surface area contributed by atoms with Crippen LogP contribution in [0.5, 0.6) is 0 Å². The first-order chi connectivity index (χ1) is 12.2. The van der Waals surface area contributed by atoms with Crippen molar-refractivity contribution in [2.75, 3.05) is 0 Å². The molecule has 0 radical (unpaired) electrons. The molecule has 0 saturated heterocycles. The Bertz CT molecular complexity index is 711. The maximum absolute atomic E-state index is 11.5. The fraction of sp³-hybridized carbons (Fsp3) is 0.348. The van der Waals surface area contributed by atoms with Crippen LogP contribution in [-0.4, -0.2) is 11.1 Å². The Labute approximate surface area is 151 Å². The first-order valence-corrected chi connectivity index (χ1v) is 9.29. The molecule has 0 aliphatic heterocycles. The molecular weight excluding hydrogens is 308 g/mol. The van der Waals surface area contributed by atoms with Crippen molar-refractivity contribution < 1.29 is 9.90 Å². The van der Waals surface area contributed by atoms with Crippen molar-refractivity contribution in [3.8, 4) is 11.1 Å². The highest BCUT2D eigenvalue weighted by molar-refractivity contribution is 5.96. The molecule has 2 heteroatoms. The summed E-state index contributed by atoms with van der Waals surface area (Å²) in [5.74, 6) is -0.877. The van der Waals surface area contributed by atoms with Gasteiger partial charge in [0.05, 0.1) is 5.56 Å². The summed E-state index contributed by atoms with van der Waals surface area (Å²) in [6.07, 6.45) is 11.2. The van der Waals surface area contributed by atoms with Gasteiger partial charge in [-0.15, -0.1) is 0 Å². The van der Waals surface area contributed by atoms with Gasteiger partial charge in [-0.25, -0.2) is 4.79 Å². The smallest absolute Gasteiger partial charge is 0.336 e. The molecule has 0 aliphatic carbocycles. The van der Waals surface area contributed by atoms with Crippen molar-refractivity contribution in [2.24, 2.45) is 0 Å². The van der Waals surface area contributed by atoms with Crippen molar-refractivity contribution in [1.29, 1.82) is 0 Å². The van der Waals surface area contributed by atoms with Crippen LogP contribution in [0.4, 0.5) is 0 Å². The highest BCUT2D eigenvalue weighted by atomic mass is 16.4. The molecule has 2 aromatic carbocycles. The SMILES string of the molecule is CCCCC/C=C/c1ccc(-c2cc(CCC)ccc2C(=O)O)cc1. The summed E-state index contributed by atoms with van der Waals surface area (Å²) in [5, 5.41) is 9.48. The normalized spacial score (nSPS) is 11.1. The number of hydrogen-bond acceptors (Lipinski definition) is 1. The van der Waals surface area contributed by atoms with Gasteiger partial charge < -0.3 is 5.11 Å². The Morgan fingerprint density at radius 1 is 1.00 bits per heavy atom. The van der Waals surface area contributed by atoms with E-state index in [1.807, 2.05) is 24.3 Å². The predicted molar refractivity (Wildman–Crippen MR) is 106 cm³/mol. The second-order valence-electron chi connectivity index (χ2n) is 6.46. The quantitative estimate of drug-likeness (QED) is 0.524. The van der Waals surface area contributed by atoms with Crippen LogP contribution < -0.4 is 0 Å². The van der Waals surface area contributed by atoms with E-state index in [0.717, 1.165) is 36.0 Å². The predicted octanol–water partition coefficient (Wildman–Crippen LogP) is 6.60. The number of carbonyl (C=O) groups is 1. The van der Waals surface area contributed by atoms with Gasteiger partial charge in [0.1, 0.15) is 0 Å². The molecule has 0 amide bonds. The summed E-state index contributed by atoms with van der Waals surface area (Å²) in [6.45, 7) is 4.34. The van der Waals surface area contributed by atoms with Gasteiger partial charge in [0.25, 0.3) is 0 Å². The lowest BCUT2D eigenvalue weighted by atomic mass is 9.95. The zero-order valence-electron chi connectivity index (χ0n) is 15.3. The Hall–Kier alpha value is -2.35. The van der Waals surface area contributed by atoms with Crippen LogP contribution in [0.3, 0.4) is 0 Å². The molecule has 0 heterocycles. The number of allylic oxidation sites excluding steroid dienone is 1. The number of benzene rings is 2. The van der Waals surface area contributed by atoms with Crippen LogP contribution in [0, 0.1) is 0 Å². The molecule has 0 atom stereocenters.